The molecule has 0 aromatic heterocycles. The molecule has 84 valence electrons. The van der Waals surface area contributed by atoms with Crippen molar-refractivity contribution in [3.05, 3.63) is 52.7 Å². The summed E-state index contributed by atoms with van der Waals surface area (Å²) in [5, 5.41) is 4.74. The summed E-state index contributed by atoms with van der Waals surface area (Å²) in [5.41, 5.74) is 3.51. The Balaban J connectivity index is 2.02. The van der Waals surface area contributed by atoms with E-state index >= 15 is 0 Å². The summed E-state index contributed by atoms with van der Waals surface area (Å²) in [5.74, 6) is -0.353. The molecule has 1 saturated heterocycles. The van der Waals surface area contributed by atoms with Crippen molar-refractivity contribution in [1.29, 1.82) is 0 Å². The summed E-state index contributed by atoms with van der Waals surface area (Å²) in [7, 11) is 0. The van der Waals surface area contributed by atoms with Crippen LogP contribution in [0.3, 0.4) is 0 Å². The van der Waals surface area contributed by atoms with Gasteiger partial charge in [-0.05, 0) is 16.7 Å². The van der Waals surface area contributed by atoms with E-state index in [0.29, 0.717) is 12.1 Å². The highest BCUT2D eigenvalue weighted by atomic mass is 16.2. The van der Waals surface area contributed by atoms with E-state index in [1.807, 2.05) is 36.4 Å². The molecule has 3 amide bonds. The molecular formula is C13H10N2O2. The van der Waals surface area contributed by atoms with Gasteiger partial charge in [0, 0.05) is 6.42 Å². The van der Waals surface area contributed by atoms with Crippen LogP contribution in [0, 0.1) is 0 Å². The molecule has 4 heteroatoms. The van der Waals surface area contributed by atoms with Gasteiger partial charge >= 0.3 is 6.03 Å². The topological polar surface area (TPSA) is 58.2 Å². The molecule has 0 unspecified atom stereocenters. The van der Waals surface area contributed by atoms with E-state index in [0.717, 1.165) is 16.7 Å². The fraction of sp³-hybridized carbons (Fsp3) is 0.0769. The monoisotopic (exact) mass is 226 g/mol. The summed E-state index contributed by atoms with van der Waals surface area (Å²) in [6.07, 6.45) is 4.50. The van der Waals surface area contributed by atoms with Gasteiger partial charge in [-0.1, -0.05) is 36.4 Å². The molecule has 2 N–H and O–H groups in total. The average Bonchev–Trinajstić information content (AvgIpc) is 2.68. The lowest BCUT2D eigenvalue weighted by molar-refractivity contribution is -0.115. The number of hydrogen-bond acceptors (Lipinski definition) is 2. The molecule has 0 bridgehead atoms. The van der Waals surface area contributed by atoms with Gasteiger partial charge in [0.1, 0.15) is 5.70 Å². The highest BCUT2D eigenvalue weighted by Gasteiger charge is 2.26. The number of fused-ring (bicyclic) bond motifs is 1. The van der Waals surface area contributed by atoms with Crippen LogP contribution in [-0.4, -0.2) is 11.9 Å². The van der Waals surface area contributed by atoms with Crippen molar-refractivity contribution in [2.24, 2.45) is 0 Å². The zero-order valence-electron chi connectivity index (χ0n) is 8.99. The highest BCUT2D eigenvalue weighted by Crippen LogP contribution is 2.24. The number of carbonyl (C=O) groups excluding carboxylic acids is 2. The van der Waals surface area contributed by atoms with E-state index in [2.05, 4.69) is 10.6 Å². The Morgan fingerprint density at radius 1 is 1.00 bits per heavy atom. The van der Waals surface area contributed by atoms with Crippen molar-refractivity contribution in [3.8, 4) is 0 Å². The molecule has 1 aromatic rings. The van der Waals surface area contributed by atoms with Gasteiger partial charge in [0.25, 0.3) is 5.91 Å². The molecule has 4 nitrogen and oxygen atoms in total. The number of urea groups is 1. The quantitative estimate of drug-likeness (QED) is 0.518. The Morgan fingerprint density at radius 2 is 1.82 bits per heavy atom. The van der Waals surface area contributed by atoms with Gasteiger partial charge in [0.05, 0.1) is 0 Å². The molecule has 1 aliphatic heterocycles. The number of allylic oxidation sites excluding steroid dienone is 2. The van der Waals surface area contributed by atoms with Crippen LogP contribution in [0.1, 0.15) is 11.1 Å². The first-order valence-electron chi connectivity index (χ1n) is 5.35. The summed E-state index contributed by atoms with van der Waals surface area (Å²) in [4.78, 5) is 22.6. The van der Waals surface area contributed by atoms with Gasteiger partial charge in [0.15, 0.2) is 0 Å². The van der Waals surface area contributed by atoms with Crippen molar-refractivity contribution in [3.63, 3.8) is 0 Å². The minimum Gasteiger partial charge on any atom is -0.303 e. The second kappa shape index (κ2) is 3.59. The molecule has 1 fully saturated rings. The Labute approximate surface area is 98.0 Å². The SMILES string of the molecule is O=C1NC(=O)C(=C2C=Cc3ccccc3C2)N1. The third-order valence-electron chi connectivity index (χ3n) is 2.91. The van der Waals surface area contributed by atoms with E-state index in [4.69, 9.17) is 0 Å². The predicted molar refractivity (Wildman–Crippen MR) is 62.9 cm³/mol. The molecule has 0 radical (unpaired) electrons. The lowest BCUT2D eigenvalue weighted by Gasteiger charge is -2.13. The maximum absolute atomic E-state index is 11.5. The van der Waals surface area contributed by atoms with Crippen LogP contribution in [0.15, 0.2) is 41.6 Å². The molecule has 1 aliphatic carbocycles. The molecule has 0 saturated carbocycles. The van der Waals surface area contributed by atoms with E-state index in [1.165, 1.54) is 0 Å². The Bertz CT molecular complexity index is 585. The first-order chi connectivity index (χ1) is 8.24. The van der Waals surface area contributed by atoms with Crippen molar-refractivity contribution in [1.82, 2.24) is 10.6 Å². The van der Waals surface area contributed by atoms with E-state index < -0.39 is 6.03 Å². The van der Waals surface area contributed by atoms with Gasteiger partial charge in [-0.25, -0.2) is 4.79 Å². The molecule has 1 heterocycles. The Kier molecular flexibility index (Phi) is 2.08. The maximum atomic E-state index is 11.5. The summed E-state index contributed by atoms with van der Waals surface area (Å²) >= 11 is 0. The molecule has 2 aliphatic rings. The number of nitrogens with one attached hydrogen (secondary N) is 2. The van der Waals surface area contributed by atoms with Crippen LogP contribution >= 0.6 is 0 Å². The van der Waals surface area contributed by atoms with E-state index in [9.17, 15) is 9.59 Å². The first kappa shape index (κ1) is 9.84. The minimum absolute atomic E-state index is 0.353. The van der Waals surface area contributed by atoms with Crippen LogP contribution < -0.4 is 10.6 Å². The van der Waals surface area contributed by atoms with Gasteiger partial charge in [0.2, 0.25) is 0 Å². The number of rotatable bonds is 0. The molecule has 1 aromatic carbocycles. The first-order valence-corrected chi connectivity index (χ1v) is 5.35. The van der Waals surface area contributed by atoms with Gasteiger partial charge in [-0.15, -0.1) is 0 Å². The molecule has 0 spiro atoms. The normalized spacial score (nSPS) is 22.1. The third kappa shape index (κ3) is 1.63. The van der Waals surface area contributed by atoms with Crippen LogP contribution in [0.4, 0.5) is 4.79 Å². The highest BCUT2D eigenvalue weighted by molar-refractivity contribution is 6.12. The molecule has 0 atom stereocenters. The van der Waals surface area contributed by atoms with Crippen LogP contribution in [0.2, 0.25) is 0 Å². The van der Waals surface area contributed by atoms with E-state index in [1.54, 1.807) is 0 Å². The molecule has 17 heavy (non-hydrogen) atoms. The van der Waals surface area contributed by atoms with Gasteiger partial charge in [-0.2, -0.15) is 0 Å². The number of amides is 3. The lowest BCUT2D eigenvalue weighted by atomic mass is 9.93. The second-order valence-corrected chi connectivity index (χ2v) is 4.02. The number of imide groups is 1. The van der Waals surface area contributed by atoms with Crippen LogP contribution in [0.25, 0.3) is 6.08 Å². The van der Waals surface area contributed by atoms with Gasteiger partial charge in [-0.3, -0.25) is 10.1 Å². The number of carbonyl (C=O) groups is 2. The van der Waals surface area contributed by atoms with Crippen molar-refractivity contribution < 1.29 is 9.59 Å². The summed E-state index contributed by atoms with van der Waals surface area (Å²) in [6, 6.07) is 7.54. The van der Waals surface area contributed by atoms with Gasteiger partial charge < -0.3 is 5.32 Å². The fourth-order valence-electron chi connectivity index (χ4n) is 2.08. The third-order valence-corrected chi connectivity index (χ3v) is 2.91. The molecular weight excluding hydrogens is 216 g/mol. The molecule has 3 rings (SSSR count). The standard InChI is InChI=1S/C13H10N2O2/c16-12-11(14-13(17)15-12)10-6-5-8-3-1-2-4-9(8)7-10/h1-6H,7H2,(H2,14,15,16,17). The Hall–Kier alpha value is -2.36. The summed E-state index contributed by atoms with van der Waals surface area (Å²) < 4.78 is 0. The summed E-state index contributed by atoms with van der Waals surface area (Å²) in [6.45, 7) is 0. The van der Waals surface area contributed by atoms with E-state index in [-0.39, 0.29) is 5.91 Å². The fourth-order valence-corrected chi connectivity index (χ4v) is 2.08. The zero-order valence-corrected chi connectivity index (χ0v) is 8.99. The number of hydrogen-bond donors (Lipinski definition) is 2. The lowest BCUT2D eigenvalue weighted by Crippen LogP contribution is -2.22. The Morgan fingerprint density at radius 3 is 2.59 bits per heavy atom. The smallest absolute Gasteiger partial charge is 0.303 e. The van der Waals surface area contributed by atoms with Crippen LogP contribution in [0.5, 0.6) is 0 Å². The predicted octanol–water partition coefficient (Wildman–Crippen LogP) is 1.35. The van der Waals surface area contributed by atoms with Crippen molar-refractivity contribution in [2.75, 3.05) is 0 Å². The van der Waals surface area contributed by atoms with Crippen molar-refractivity contribution >= 4 is 18.0 Å². The minimum atomic E-state index is -0.454. The van der Waals surface area contributed by atoms with Crippen molar-refractivity contribution in [2.45, 2.75) is 6.42 Å². The maximum Gasteiger partial charge on any atom is 0.326 e. The van der Waals surface area contributed by atoms with Crippen LogP contribution in [-0.2, 0) is 11.2 Å². The average molecular weight is 226 g/mol. The zero-order chi connectivity index (χ0) is 11.8. The number of benzene rings is 1. The largest absolute Gasteiger partial charge is 0.326 e. The second-order valence-electron chi connectivity index (χ2n) is 4.02.